The monoisotopic (exact) mass is 518 g/mol. The molecule has 4 aromatic rings. The molecule has 1 saturated heterocycles. The van der Waals surface area contributed by atoms with E-state index in [-0.39, 0.29) is 49.0 Å². The summed E-state index contributed by atoms with van der Waals surface area (Å²) < 4.78 is 69.0. The smallest absolute Gasteiger partial charge is 0.408 e. The van der Waals surface area contributed by atoms with E-state index in [0.29, 0.717) is 28.7 Å². The molecule has 5 rings (SSSR count). The molecule has 0 aliphatic carbocycles. The third-order valence-corrected chi connectivity index (χ3v) is 6.52. The number of benzene rings is 1. The van der Waals surface area contributed by atoms with Crippen LogP contribution in [0.15, 0.2) is 42.6 Å². The summed E-state index contributed by atoms with van der Waals surface area (Å²) >= 11 is 0. The summed E-state index contributed by atoms with van der Waals surface area (Å²) in [6, 6.07) is 6.89. The van der Waals surface area contributed by atoms with Crippen molar-refractivity contribution in [1.82, 2.24) is 24.5 Å². The van der Waals surface area contributed by atoms with Crippen molar-refractivity contribution in [3.63, 3.8) is 0 Å². The summed E-state index contributed by atoms with van der Waals surface area (Å²) in [5, 5.41) is 8.80. The second kappa shape index (κ2) is 9.84. The van der Waals surface area contributed by atoms with Crippen LogP contribution in [0.25, 0.3) is 28.1 Å². The van der Waals surface area contributed by atoms with E-state index < -0.39 is 18.0 Å². The van der Waals surface area contributed by atoms with Gasteiger partial charge in [-0.15, -0.1) is 10.2 Å². The van der Waals surface area contributed by atoms with Gasteiger partial charge < -0.3 is 15.2 Å². The van der Waals surface area contributed by atoms with Crippen molar-refractivity contribution in [2.24, 2.45) is 5.73 Å². The molecule has 2 unspecified atom stereocenters. The number of methoxy groups -OCH3 is 1. The first-order chi connectivity index (χ1) is 17.6. The molecule has 0 amide bonds. The molecule has 1 aliphatic rings. The van der Waals surface area contributed by atoms with E-state index >= 15 is 0 Å². The zero-order chi connectivity index (χ0) is 26.3. The van der Waals surface area contributed by atoms with Crippen LogP contribution in [-0.4, -0.2) is 69.6 Å². The van der Waals surface area contributed by atoms with Crippen LogP contribution < -0.4 is 10.5 Å². The molecule has 8 nitrogen and oxygen atoms in total. The van der Waals surface area contributed by atoms with E-state index in [1.807, 2.05) is 0 Å². The normalized spacial score (nSPS) is 18.5. The van der Waals surface area contributed by atoms with E-state index in [0.717, 1.165) is 0 Å². The van der Waals surface area contributed by atoms with Crippen molar-refractivity contribution < 1.29 is 27.0 Å². The molecular weight excluding hydrogens is 492 g/mol. The SMILES string of the molecule is COC(C)COc1cc2nc(-c3nnc4ccc([C@@H](N5CCC(N)C5)C(F)(F)F)cn34)ccc2cc1F. The summed E-state index contributed by atoms with van der Waals surface area (Å²) in [6.07, 6.45) is -2.83. The van der Waals surface area contributed by atoms with Gasteiger partial charge in [0.05, 0.1) is 11.6 Å². The molecule has 37 heavy (non-hydrogen) atoms. The fourth-order valence-electron chi connectivity index (χ4n) is 4.53. The number of rotatable bonds is 7. The Hall–Kier alpha value is -3.35. The molecule has 0 radical (unpaired) electrons. The van der Waals surface area contributed by atoms with Gasteiger partial charge in [-0.3, -0.25) is 9.30 Å². The van der Waals surface area contributed by atoms with Gasteiger partial charge in [-0.25, -0.2) is 9.37 Å². The lowest BCUT2D eigenvalue weighted by atomic mass is 10.1. The molecule has 2 N–H and O–H groups in total. The molecular formula is C25H26F4N6O2. The number of nitrogens with two attached hydrogens (primary N) is 1. The largest absolute Gasteiger partial charge is 0.488 e. The van der Waals surface area contributed by atoms with Gasteiger partial charge in [0.15, 0.2) is 23.0 Å². The zero-order valence-electron chi connectivity index (χ0n) is 20.2. The van der Waals surface area contributed by atoms with E-state index in [1.165, 1.54) is 46.9 Å². The van der Waals surface area contributed by atoms with E-state index in [4.69, 9.17) is 15.2 Å². The minimum Gasteiger partial charge on any atom is -0.488 e. The number of alkyl halides is 3. The van der Waals surface area contributed by atoms with Crippen molar-refractivity contribution in [2.75, 3.05) is 26.8 Å². The maximum Gasteiger partial charge on any atom is 0.408 e. The lowest BCUT2D eigenvalue weighted by Crippen LogP contribution is -2.38. The average molecular weight is 519 g/mol. The van der Waals surface area contributed by atoms with Gasteiger partial charge in [-0.05, 0) is 37.1 Å². The highest BCUT2D eigenvalue weighted by Crippen LogP contribution is 2.39. The number of likely N-dealkylation sites (tertiary alicyclic amines) is 1. The van der Waals surface area contributed by atoms with Crippen LogP contribution in [0.2, 0.25) is 0 Å². The summed E-state index contributed by atoms with van der Waals surface area (Å²) in [5.41, 5.74) is 7.12. The second-order valence-electron chi connectivity index (χ2n) is 9.23. The molecule has 1 aliphatic heterocycles. The van der Waals surface area contributed by atoms with Gasteiger partial charge in [0, 0.05) is 43.9 Å². The number of ether oxygens (including phenoxy) is 2. The molecule has 0 bridgehead atoms. The van der Waals surface area contributed by atoms with Crippen LogP contribution in [0.1, 0.15) is 24.9 Å². The predicted octanol–water partition coefficient (Wildman–Crippen LogP) is 4.13. The van der Waals surface area contributed by atoms with Crippen LogP contribution in [0.5, 0.6) is 5.75 Å². The molecule has 1 fully saturated rings. The maximum atomic E-state index is 14.5. The average Bonchev–Trinajstić information content (AvgIpc) is 3.47. The Balaban J connectivity index is 1.53. The van der Waals surface area contributed by atoms with Crippen molar-refractivity contribution in [1.29, 1.82) is 0 Å². The molecule has 1 aromatic carbocycles. The van der Waals surface area contributed by atoms with E-state index in [2.05, 4.69) is 15.2 Å². The zero-order valence-corrected chi connectivity index (χ0v) is 20.2. The number of aromatic nitrogens is 4. The minimum absolute atomic E-state index is 0.0197. The quantitative estimate of drug-likeness (QED) is 0.368. The Morgan fingerprint density at radius 3 is 2.68 bits per heavy atom. The second-order valence-corrected chi connectivity index (χ2v) is 9.23. The lowest BCUT2D eigenvalue weighted by Gasteiger charge is -2.30. The highest BCUT2D eigenvalue weighted by molar-refractivity contribution is 5.82. The summed E-state index contributed by atoms with van der Waals surface area (Å²) in [6.45, 7) is 2.36. The summed E-state index contributed by atoms with van der Waals surface area (Å²) in [5.74, 6) is -0.258. The number of halogens is 4. The molecule has 4 heterocycles. The molecule has 0 saturated carbocycles. The maximum absolute atomic E-state index is 14.5. The van der Waals surface area contributed by atoms with Gasteiger partial charge in [0.25, 0.3) is 0 Å². The summed E-state index contributed by atoms with van der Waals surface area (Å²) in [7, 11) is 1.53. The summed E-state index contributed by atoms with van der Waals surface area (Å²) in [4.78, 5) is 5.93. The fraction of sp³-hybridized carbons (Fsp3) is 0.400. The van der Waals surface area contributed by atoms with E-state index in [1.54, 1.807) is 19.1 Å². The van der Waals surface area contributed by atoms with Gasteiger partial charge in [-0.2, -0.15) is 13.2 Å². The van der Waals surface area contributed by atoms with Crippen molar-refractivity contribution in [2.45, 2.75) is 37.7 Å². The first kappa shape index (κ1) is 25.3. The lowest BCUT2D eigenvalue weighted by molar-refractivity contribution is -0.183. The Bertz CT molecular complexity index is 1430. The van der Waals surface area contributed by atoms with Crippen molar-refractivity contribution in [3.8, 4) is 17.3 Å². The highest BCUT2D eigenvalue weighted by atomic mass is 19.4. The Labute approximate surface area is 210 Å². The third-order valence-electron chi connectivity index (χ3n) is 6.52. The first-order valence-corrected chi connectivity index (χ1v) is 11.8. The van der Waals surface area contributed by atoms with Crippen LogP contribution >= 0.6 is 0 Å². The number of fused-ring (bicyclic) bond motifs is 2. The van der Waals surface area contributed by atoms with Crippen LogP contribution in [0.4, 0.5) is 17.6 Å². The minimum atomic E-state index is -4.49. The number of hydrogen-bond donors (Lipinski definition) is 1. The van der Waals surface area contributed by atoms with Gasteiger partial charge in [0.2, 0.25) is 0 Å². The predicted molar refractivity (Wildman–Crippen MR) is 129 cm³/mol. The standard InChI is InChI=1S/C25H26F4N6O2/c1-14(36-2)13-37-21-10-20-15(9-18(21)26)3-5-19(31-20)24-33-32-22-6-4-16(11-35(22)24)23(25(27,28)29)34-8-7-17(30)12-34/h3-6,9-11,14,17,23H,7-8,12-13,30H2,1-2H3/t14?,17?,23-/m1/s1. The molecule has 196 valence electrons. The Morgan fingerprint density at radius 2 is 1.97 bits per heavy atom. The molecule has 3 atom stereocenters. The number of pyridine rings is 2. The van der Waals surface area contributed by atoms with E-state index in [9.17, 15) is 17.6 Å². The number of hydrogen-bond acceptors (Lipinski definition) is 7. The molecule has 0 spiro atoms. The van der Waals surface area contributed by atoms with Gasteiger partial charge >= 0.3 is 6.18 Å². The van der Waals surface area contributed by atoms with Crippen LogP contribution in [0, 0.1) is 5.82 Å². The third kappa shape index (κ3) is 5.09. The number of nitrogens with zero attached hydrogens (tertiary/aromatic N) is 5. The highest BCUT2D eigenvalue weighted by Gasteiger charge is 2.46. The van der Waals surface area contributed by atoms with Gasteiger partial charge in [-0.1, -0.05) is 12.1 Å². The molecule has 12 heteroatoms. The van der Waals surface area contributed by atoms with Crippen LogP contribution in [-0.2, 0) is 4.74 Å². The topological polar surface area (TPSA) is 90.8 Å². The first-order valence-electron chi connectivity index (χ1n) is 11.8. The Morgan fingerprint density at radius 1 is 1.16 bits per heavy atom. The van der Waals surface area contributed by atoms with Crippen LogP contribution in [0.3, 0.4) is 0 Å². The van der Waals surface area contributed by atoms with Gasteiger partial charge in [0.1, 0.15) is 18.3 Å². The van der Waals surface area contributed by atoms with Crippen molar-refractivity contribution in [3.05, 3.63) is 54.0 Å². The Kier molecular flexibility index (Phi) is 6.73. The van der Waals surface area contributed by atoms with Crippen molar-refractivity contribution >= 4 is 16.6 Å². The fourth-order valence-corrected chi connectivity index (χ4v) is 4.53. The molecule has 3 aromatic heterocycles.